The van der Waals surface area contributed by atoms with Gasteiger partial charge in [-0.15, -0.1) is 0 Å². The molecule has 0 saturated heterocycles. The molecule has 0 unspecified atom stereocenters. The van der Waals surface area contributed by atoms with Gasteiger partial charge in [0.15, 0.2) is 0 Å². The second-order valence-electron chi connectivity index (χ2n) is 8.81. The Balaban J connectivity index is 1.55. The lowest BCUT2D eigenvalue weighted by molar-refractivity contribution is 0.0696. The largest absolute Gasteiger partial charge is 0.478 e. The Morgan fingerprint density at radius 2 is 1.97 bits per heavy atom. The molecule has 0 atom stereocenters. The summed E-state index contributed by atoms with van der Waals surface area (Å²) >= 11 is 3.44. The van der Waals surface area contributed by atoms with E-state index in [9.17, 15) is 14.7 Å². The van der Waals surface area contributed by atoms with E-state index in [1.165, 1.54) is 17.3 Å². The molecule has 4 aromatic rings. The molecule has 1 saturated carbocycles. The van der Waals surface area contributed by atoms with E-state index in [1.807, 2.05) is 18.2 Å². The van der Waals surface area contributed by atoms with Gasteiger partial charge < -0.3 is 9.52 Å². The van der Waals surface area contributed by atoms with Crippen LogP contribution in [0.25, 0.3) is 22.2 Å². The van der Waals surface area contributed by atoms with Gasteiger partial charge in [0, 0.05) is 16.0 Å². The average Bonchev–Trinajstić information content (AvgIpc) is 3.33. The number of halogens is 1. The molecule has 7 nitrogen and oxygen atoms in total. The quantitative estimate of drug-likeness (QED) is 0.301. The SMILES string of the molecule is Cc1c(C(=O)O)cccc1-c1ccc(C=Nn2c(C3CCCCC3)nc3ccc(Br)cc3c2=O)o1. The van der Waals surface area contributed by atoms with Crippen LogP contribution in [0.1, 0.15) is 65.5 Å². The molecule has 0 amide bonds. The zero-order valence-corrected chi connectivity index (χ0v) is 20.8. The van der Waals surface area contributed by atoms with E-state index in [4.69, 9.17) is 9.40 Å². The summed E-state index contributed by atoms with van der Waals surface area (Å²) in [5.74, 6) is 0.860. The Morgan fingerprint density at radius 1 is 1.17 bits per heavy atom. The van der Waals surface area contributed by atoms with Crippen LogP contribution in [-0.2, 0) is 0 Å². The van der Waals surface area contributed by atoms with Crippen LogP contribution in [0.4, 0.5) is 0 Å². The van der Waals surface area contributed by atoms with Crippen molar-refractivity contribution in [1.29, 1.82) is 0 Å². The summed E-state index contributed by atoms with van der Waals surface area (Å²) in [6.07, 6.45) is 6.89. The number of hydrogen-bond donors (Lipinski definition) is 1. The Labute approximate surface area is 210 Å². The van der Waals surface area contributed by atoms with E-state index in [1.54, 1.807) is 37.3 Å². The molecule has 0 bridgehead atoms. The van der Waals surface area contributed by atoms with E-state index < -0.39 is 5.97 Å². The van der Waals surface area contributed by atoms with Crippen molar-refractivity contribution in [2.24, 2.45) is 5.10 Å². The Kier molecular flexibility index (Phi) is 6.38. The Morgan fingerprint density at radius 3 is 2.74 bits per heavy atom. The number of aromatic nitrogens is 2. The van der Waals surface area contributed by atoms with Gasteiger partial charge in [0.05, 0.1) is 22.7 Å². The minimum Gasteiger partial charge on any atom is -0.478 e. The van der Waals surface area contributed by atoms with Gasteiger partial charge >= 0.3 is 5.97 Å². The van der Waals surface area contributed by atoms with E-state index in [0.717, 1.165) is 30.2 Å². The fraction of sp³-hybridized carbons (Fsp3) is 0.259. The first kappa shape index (κ1) is 23.2. The maximum absolute atomic E-state index is 13.4. The summed E-state index contributed by atoms with van der Waals surface area (Å²) in [5, 5.41) is 14.4. The highest BCUT2D eigenvalue weighted by atomic mass is 79.9. The Hall–Kier alpha value is -3.52. The lowest BCUT2D eigenvalue weighted by Crippen LogP contribution is -2.25. The van der Waals surface area contributed by atoms with Crippen molar-refractivity contribution >= 4 is 39.0 Å². The van der Waals surface area contributed by atoms with Crippen molar-refractivity contribution in [2.45, 2.75) is 44.9 Å². The summed E-state index contributed by atoms with van der Waals surface area (Å²) < 4.78 is 8.16. The number of rotatable bonds is 5. The van der Waals surface area contributed by atoms with Crippen LogP contribution in [0.2, 0.25) is 0 Å². The number of fused-ring (bicyclic) bond motifs is 1. The fourth-order valence-corrected chi connectivity index (χ4v) is 5.08. The second kappa shape index (κ2) is 9.62. The monoisotopic (exact) mass is 533 g/mol. The molecule has 0 radical (unpaired) electrons. The van der Waals surface area contributed by atoms with Crippen molar-refractivity contribution in [1.82, 2.24) is 9.66 Å². The van der Waals surface area contributed by atoms with Gasteiger partial charge in [-0.3, -0.25) is 4.79 Å². The van der Waals surface area contributed by atoms with Gasteiger partial charge in [-0.25, -0.2) is 9.78 Å². The summed E-state index contributed by atoms with van der Waals surface area (Å²) in [6, 6.07) is 14.1. The highest BCUT2D eigenvalue weighted by Gasteiger charge is 2.22. The molecule has 35 heavy (non-hydrogen) atoms. The van der Waals surface area contributed by atoms with Crippen molar-refractivity contribution in [3.05, 3.63) is 86.1 Å². The number of carboxylic acid groups (broad SMARTS) is 1. The predicted octanol–water partition coefficient (Wildman–Crippen LogP) is 6.36. The Bertz CT molecular complexity index is 1510. The summed E-state index contributed by atoms with van der Waals surface area (Å²) in [5.41, 5.74) is 2.00. The smallest absolute Gasteiger partial charge is 0.335 e. The molecule has 0 spiro atoms. The first-order valence-corrected chi connectivity index (χ1v) is 12.4. The van der Waals surface area contributed by atoms with Gasteiger partial charge in [-0.2, -0.15) is 9.78 Å². The molecule has 8 heteroatoms. The molecule has 178 valence electrons. The molecule has 0 aliphatic heterocycles. The molecular weight excluding hydrogens is 510 g/mol. The van der Waals surface area contributed by atoms with Crippen molar-refractivity contribution in [2.75, 3.05) is 0 Å². The molecule has 1 N–H and O–H groups in total. The van der Waals surface area contributed by atoms with E-state index in [-0.39, 0.29) is 17.0 Å². The predicted molar refractivity (Wildman–Crippen MR) is 138 cm³/mol. The van der Waals surface area contributed by atoms with Crippen LogP contribution in [0.15, 0.2) is 67.3 Å². The lowest BCUT2D eigenvalue weighted by atomic mass is 9.88. The lowest BCUT2D eigenvalue weighted by Gasteiger charge is -2.22. The van der Waals surface area contributed by atoms with E-state index in [2.05, 4.69) is 21.0 Å². The summed E-state index contributed by atoms with van der Waals surface area (Å²) in [6.45, 7) is 1.75. The second-order valence-corrected chi connectivity index (χ2v) is 9.73. The van der Waals surface area contributed by atoms with Gasteiger partial charge in [0.1, 0.15) is 17.3 Å². The van der Waals surface area contributed by atoms with Crippen molar-refractivity contribution in [3.8, 4) is 11.3 Å². The molecule has 1 aliphatic rings. The van der Waals surface area contributed by atoms with Crippen LogP contribution >= 0.6 is 15.9 Å². The normalized spacial score (nSPS) is 14.7. The van der Waals surface area contributed by atoms with Crippen LogP contribution in [0.5, 0.6) is 0 Å². The molecule has 5 rings (SSSR count). The average molecular weight is 534 g/mol. The van der Waals surface area contributed by atoms with Gasteiger partial charge in [-0.05, 0) is 61.7 Å². The third-order valence-electron chi connectivity index (χ3n) is 6.56. The number of aromatic carboxylic acids is 1. The van der Waals surface area contributed by atoms with Crippen LogP contribution < -0.4 is 5.56 Å². The fourth-order valence-electron chi connectivity index (χ4n) is 4.72. The maximum Gasteiger partial charge on any atom is 0.335 e. The van der Waals surface area contributed by atoms with Gasteiger partial charge in [-0.1, -0.05) is 47.3 Å². The van der Waals surface area contributed by atoms with Gasteiger partial charge in [0.25, 0.3) is 5.56 Å². The van der Waals surface area contributed by atoms with Crippen molar-refractivity contribution < 1.29 is 14.3 Å². The van der Waals surface area contributed by atoms with Crippen LogP contribution in [0.3, 0.4) is 0 Å². The number of carboxylic acids is 1. The maximum atomic E-state index is 13.4. The number of hydrogen-bond acceptors (Lipinski definition) is 5. The topological polar surface area (TPSA) is 97.7 Å². The van der Waals surface area contributed by atoms with Crippen LogP contribution in [0, 0.1) is 6.92 Å². The first-order chi connectivity index (χ1) is 16.9. The van der Waals surface area contributed by atoms with E-state index >= 15 is 0 Å². The number of benzene rings is 2. The molecule has 1 aliphatic carbocycles. The van der Waals surface area contributed by atoms with Crippen molar-refractivity contribution in [3.63, 3.8) is 0 Å². The third kappa shape index (κ3) is 4.58. The van der Waals surface area contributed by atoms with Gasteiger partial charge in [0.2, 0.25) is 0 Å². The standard InChI is InChI=1S/C27H24BrN3O4/c1-16-20(8-5-9-21(16)27(33)34)24-13-11-19(35-24)15-29-31-25(17-6-3-2-4-7-17)30-23-12-10-18(28)14-22(23)26(31)32/h5,8-15,17H,2-4,6-7H2,1H3,(H,33,34). The van der Waals surface area contributed by atoms with E-state index in [0.29, 0.717) is 39.4 Å². The third-order valence-corrected chi connectivity index (χ3v) is 7.05. The molecule has 2 aromatic heterocycles. The number of carbonyl (C=O) groups is 1. The number of furan rings is 1. The molecule has 2 aromatic carbocycles. The zero-order valence-electron chi connectivity index (χ0n) is 19.2. The summed E-state index contributed by atoms with van der Waals surface area (Å²) in [7, 11) is 0. The highest BCUT2D eigenvalue weighted by Crippen LogP contribution is 2.32. The minimum absolute atomic E-state index is 0.176. The molecular formula is C27H24BrN3O4. The van der Waals surface area contributed by atoms with Crippen LogP contribution in [-0.4, -0.2) is 27.0 Å². The minimum atomic E-state index is -0.984. The highest BCUT2D eigenvalue weighted by molar-refractivity contribution is 9.10. The number of nitrogens with zero attached hydrogens (tertiary/aromatic N) is 3. The first-order valence-electron chi connectivity index (χ1n) is 11.6. The summed E-state index contributed by atoms with van der Waals surface area (Å²) in [4.78, 5) is 29.8. The zero-order chi connectivity index (χ0) is 24.5. The molecule has 1 fully saturated rings. The molecule has 2 heterocycles.